The van der Waals surface area contributed by atoms with Gasteiger partial charge in [0.2, 0.25) is 0 Å². The van der Waals surface area contributed by atoms with E-state index in [1.54, 1.807) is 0 Å². The van der Waals surface area contributed by atoms with Crippen LogP contribution in [0.4, 0.5) is 5.82 Å². The SMILES string of the molecule is NC(=NO)c1cnc(-c2ccccc2)nc1N. The van der Waals surface area contributed by atoms with Crippen molar-refractivity contribution < 1.29 is 5.21 Å². The standard InChI is InChI=1S/C11H11N5O/c12-9-8(10(13)16-17)6-14-11(15-9)7-4-2-1-3-5-7/h1-6,17H,(H2,13,16)(H2,12,14,15). The van der Waals surface area contributed by atoms with Gasteiger partial charge in [-0.2, -0.15) is 0 Å². The maximum absolute atomic E-state index is 8.55. The molecule has 0 aliphatic heterocycles. The van der Waals surface area contributed by atoms with Gasteiger partial charge >= 0.3 is 0 Å². The normalized spacial score (nSPS) is 11.4. The third-order valence-corrected chi connectivity index (χ3v) is 2.23. The zero-order valence-corrected chi connectivity index (χ0v) is 8.91. The zero-order valence-electron chi connectivity index (χ0n) is 8.91. The molecule has 86 valence electrons. The second-order valence-corrected chi connectivity index (χ2v) is 3.34. The number of benzene rings is 1. The van der Waals surface area contributed by atoms with Gasteiger partial charge in [-0.25, -0.2) is 9.97 Å². The topological polar surface area (TPSA) is 110 Å². The molecule has 5 N–H and O–H groups in total. The van der Waals surface area contributed by atoms with Crippen LogP contribution in [0, 0.1) is 0 Å². The molecule has 0 atom stereocenters. The average molecular weight is 229 g/mol. The number of oxime groups is 1. The average Bonchev–Trinajstić information content (AvgIpc) is 2.39. The molecule has 2 aromatic rings. The van der Waals surface area contributed by atoms with Gasteiger partial charge in [0, 0.05) is 11.8 Å². The van der Waals surface area contributed by atoms with E-state index in [1.807, 2.05) is 30.3 Å². The highest BCUT2D eigenvalue weighted by atomic mass is 16.4. The quantitative estimate of drug-likeness (QED) is 0.305. The van der Waals surface area contributed by atoms with E-state index in [4.69, 9.17) is 16.7 Å². The van der Waals surface area contributed by atoms with Crippen LogP contribution in [0.5, 0.6) is 0 Å². The molecule has 0 aliphatic carbocycles. The summed E-state index contributed by atoms with van der Waals surface area (Å²) in [4.78, 5) is 8.22. The molecule has 0 radical (unpaired) electrons. The van der Waals surface area contributed by atoms with E-state index in [0.29, 0.717) is 11.4 Å². The summed E-state index contributed by atoms with van der Waals surface area (Å²) in [5, 5.41) is 11.4. The van der Waals surface area contributed by atoms with E-state index in [2.05, 4.69) is 15.1 Å². The van der Waals surface area contributed by atoms with Crippen LogP contribution < -0.4 is 11.5 Å². The molecule has 1 aromatic carbocycles. The van der Waals surface area contributed by atoms with Crippen molar-refractivity contribution in [3.63, 3.8) is 0 Å². The Morgan fingerprint density at radius 3 is 2.53 bits per heavy atom. The highest BCUT2D eigenvalue weighted by Crippen LogP contribution is 2.16. The van der Waals surface area contributed by atoms with Gasteiger partial charge in [-0.05, 0) is 0 Å². The number of hydrogen-bond donors (Lipinski definition) is 3. The first kappa shape index (κ1) is 10.9. The molecule has 1 heterocycles. The van der Waals surface area contributed by atoms with Gasteiger partial charge in [-0.3, -0.25) is 0 Å². The number of hydrogen-bond acceptors (Lipinski definition) is 5. The summed E-state index contributed by atoms with van der Waals surface area (Å²) in [6, 6.07) is 9.41. The molecule has 0 saturated heterocycles. The van der Waals surface area contributed by atoms with Crippen LogP contribution in [0.3, 0.4) is 0 Å². The third kappa shape index (κ3) is 2.15. The Hall–Kier alpha value is -2.63. The Labute approximate surface area is 97.6 Å². The summed E-state index contributed by atoms with van der Waals surface area (Å²) in [6.07, 6.45) is 1.43. The zero-order chi connectivity index (χ0) is 12.3. The largest absolute Gasteiger partial charge is 0.409 e. The van der Waals surface area contributed by atoms with Gasteiger partial charge in [-0.1, -0.05) is 35.5 Å². The lowest BCUT2D eigenvalue weighted by atomic mass is 10.2. The van der Waals surface area contributed by atoms with E-state index < -0.39 is 0 Å². The van der Waals surface area contributed by atoms with Crippen molar-refractivity contribution in [3.8, 4) is 11.4 Å². The van der Waals surface area contributed by atoms with Crippen molar-refractivity contribution in [2.45, 2.75) is 0 Å². The number of amidine groups is 1. The Morgan fingerprint density at radius 2 is 1.94 bits per heavy atom. The van der Waals surface area contributed by atoms with Crippen molar-refractivity contribution in [2.75, 3.05) is 5.73 Å². The fraction of sp³-hybridized carbons (Fsp3) is 0. The van der Waals surface area contributed by atoms with Gasteiger partial charge in [-0.15, -0.1) is 0 Å². The number of nitrogens with two attached hydrogens (primary N) is 2. The third-order valence-electron chi connectivity index (χ3n) is 2.23. The van der Waals surface area contributed by atoms with E-state index >= 15 is 0 Å². The smallest absolute Gasteiger partial charge is 0.175 e. The molecular formula is C11H11N5O. The molecule has 0 saturated carbocycles. The molecule has 0 fully saturated rings. The first-order valence-corrected chi connectivity index (χ1v) is 4.88. The molecule has 6 heteroatoms. The van der Waals surface area contributed by atoms with Crippen LogP contribution >= 0.6 is 0 Å². The minimum Gasteiger partial charge on any atom is -0.409 e. The summed E-state index contributed by atoms with van der Waals surface area (Å²) in [5.74, 6) is 0.564. The molecule has 0 amide bonds. The van der Waals surface area contributed by atoms with Gasteiger partial charge in [0.05, 0.1) is 5.56 Å². The predicted molar refractivity (Wildman–Crippen MR) is 64.4 cm³/mol. The van der Waals surface area contributed by atoms with Gasteiger partial charge in [0.15, 0.2) is 11.7 Å². The van der Waals surface area contributed by atoms with Crippen molar-refractivity contribution in [3.05, 3.63) is 42.1 Å². The van der Waals surface area contributed by atoms with Gasteiger partial charge in [0.1, 0.15) is 5.82 Å². The molecule has 1 aromatic heterocycles. The summed E-state index contributed by atoms with van der Waals surface area (Å²) in [6.45, 7) is 0. The number of aromatic nitrogens is 2. The highest BCUT2D eigenvalue weighted by Gasteiger charge is 2.09. The maximum atomic E-state index is 8.55. The Kier molecular flexibility index (Phi) is 2.87. The Morgan fingerprint density at radius 1 is 1.24 bits per heavy atom. The van der Waals surface area contributed by atoms with E-state index in [9.17, 15) is 0 Å². The summed E-state index contributed by atoms with van der Waals surface area (Å²) < 4.78 is 0. The van der Waals surface area contributed by atoms with Crippen LogP contribution in [-0.2, 0) is 0 Å². The fourth-order valence-electron chi connectivity index (χ4n) is 1.37. The lowest BCUT2D eigenvalue weighted by Crippen LogP contribution is -2.17. The monoisotopic (exact) mass is 229 g/mol. The maximum Gasteiger partial charge on any atom is 0.175 e. The van der Waals surface area contributed by atoms with E-state index in [0.717, 1.165) is 5.56 Å². The predicted octanol–water partition coefficient (Wildman–Crippen LogP) is 0.820. The van der Waals surface area contributed by atoms with Crippen LogP contribution in [0.1, 0.15) is 5.56 Å². The molecule has 17 heavy (non-hydrogen) atoms. The Balaban J connectivity index is 2.45. The second kappa shape index (κ2) is 4.48. The number of anilines is 1. The molecule has 6 nitrogen and oxygen atoms in total. The first-order chi connectivity index (χ1) is 8.22. The van der Waals surface area contributed by atoms with Gasteiger partial charge < -0.3 is 16.7 Å². The number of nitrogens with zero attached hydrogens (tertiary/aromatic N) is 3. The number of rotatable bonds is 2. The van der Waals surface area contributed by atoms with Gasteiger partial charge in [0.25, 0.3) is 0 Å². The van der Waals surface area contributed by atoms with Crippen LogP contribution in [0.2, 0.25) is 0 Å². The van der Waals surface area contributed by atoms with Crippen molar-refractivity contribution in [1.82, 2.24) is 9.97 Å². The van der Waals surface area contributed by atoms with Crippen LogP contribution in [-0.4, -0.2) is 21.0 Å². The Bertz CT molecular complexity index is 553. The summed E-state index contributed by atoms with van der Waals surface area (Å²) in [7, 11) is 0. The van der Waals surface area contributed by atoms with E-state index in [1.165, 1.54) is 6.20 Å². The lowest BCUT2D eigenvalue weighted by molar-refractivity contribution is 0.318. The minimum absolute atomic E-state index is 0.109. The minimum atomic E-state index is -0.109. The fourth-order valence-corrected chi connectivity index (χ4v) is 1.37. The van der Waals surface area contributed by atoms with Crippen LogP contribution in [0.25, 0.3) is 11.4 Å². The van der Waals surface area contributed by atoms with Crippen molar-refractivity contribution >= 4 is 11.7 Å². The molecule has 0 spiro atoms. The molecule has 2 rings (SSSR count). The van der Waals surface area contributed by atoms with Crippen LogP contribution in [0.15, 0.2) is 41.7 Å². The lowest BCUT2D eigenvalue weighted by Gasteiger charge is -2.05. The second-order valence-electron chi connectivity index (χ2n) is 3.34. The van der Waals surface area contributed by atoms with E-state index in [-0.39, 0.29) is 11.7 Å². The molecular weight excluding hydrogens is 218 g/mol. The molecule has 0 aliphatic rings. The molecule has 0 bridgehead atoms. The summed E-state index contributed by atoms with van der Waals surface area (Å²) >= 11 is 0. The molecule has 0 unspecified atom stereocenters. The van der Waals surface area contributed by atoms with Crippen molar-refractivity contribution in [1.29, 1.82) is 0 Å². The first-order valence-electron chi connectivity index (χ1n) is 4.88. The number of nitrogen functional groups attached to an aromatic ring is 1. The van der Waals surface area contributed by atoms with Crippen molar-refractivity contribution in [2.24, 2.45) is 10.9 Å². The summed E-state index contributed by atoms with van der Waals surface area (Å²) in [5.41, 5.74) is 12.3. The highest BCUT2D eigenvalue weighted by molar-refractivity contribution is 6.00.